The maximum absolute atomic E-state index is 12.9. The molecule has 1 nitrogen and oxygen atoms in total. The van der Waals surface area contributed by atoms with E-state index in [1.807, 2.05) is 6.07 Å². The van der Waals surface area contributed by atoms with Crippen LogP contribution in [0.15, 0.2) is 22.7 Å². The molecule has 2 rings (SSSR count). The minimum atomic E-state index is -0.185. The third kappa shape index (κ3) is 3.28. The smallest absolute Gasteiger partial charge is 0.124 e. The van der Waals surface area contributed by atoms with Crippen molar-refractivity contribution in [1.82, 2.24) is 4.90 Å². The molecule has 1 aliphatic rings. The molecule has 0 amide bonds. The van der Waals surface area contributed by atoms with Crippen LogP contribution in [0.4, 0.5) is 4.39 Å². The Labute approximate surface area is 112 Å². The summed E-state index contributed by atoms with van der Waals surface area (Å²) in [7, 11) is 0. The topological polar surface area (TPSA) is 3.24 Å². The maximum atomic E-state index is 12.9. The molecule has 1 saturated heterocycles. The molecule has 1 fully saturated rings. The molecule has 0 N–H and O–H groups in total. The summed E-state index contributed by atoms with van der Waals surface area (Å²) >= 11 is 7.05. The molecule has 0 unspecified atom stereocenters. The zero-order chi connectivity index (χ0) is 11.5. The van der Waals surface area contributed by atoms with Gasteiger partial charge in [-0.15, -0.1) is 0 Å². The molecule has 0 atom stereocenters. The van der Waals surface area contributed by atoms with Gasteiger partial charge in [-0.1, -0.05) is 37.9 Å². The summed E-state index contributed by atoms with van der Waals surface area (Å²) in [5, 5.41) is 0. The van der Waals surface area contributed by atoms with Crippen molar-refractivity contribution in [2.24, 2.45) is 0 Å². The van der Waals surface area contributed by atoms with Crippen LogP contribution in [-0.4, -0.2) is 22.8 Å². The van der Waals surface area contributed by atoms with E-state index in [0.29, 0.717) is 4.83 Å². The van der Waals surface area contributed by atoms with Crippen LogP contribution in [0.1, 0.15) is 18.4 Å². The van der Waals surface area contributed by atoms with Crippen LogP contribution in [0, 0.1) is 5.82 Å². The summed E-state index contributed by atoms with van der Waals surface area (Å²) in [6.45, 7) is 3.13. The molecule has 0 aliphatic carbocycles. The highest BCUT2D eigenvalue weighted by Gasteiger charge is 2.17. The Hall–Kier alpha value is 0.0700. The van der Waals surface area contributed by atoms with E-state index in [4.69, 9.17) is 0 Å². The fourth-order valence-corrected chi connectivity index (χ4v) is 2.84. The molecule has 0 saturated carbocycles. The van der Waals surface area contributed by atoms with E-state index in [1.165, 1.54) is 25.0 Å². The van der Waals surface area contributed by atoms with Crippen molar-refractivity contribution >= 4 is 31.9 Å². The highest BCUT2D eigenvalue weighted by molar-refractivity contribution is 9.10. The average molecular weight is 351 g/mol. The third-order valence-corrected chi connectivity index (χ3v) is 4.58. The molecule has 4 heteroatoms. The summed E-state index contributed by atoms with van der Waals surface area (Å²) in [6.07, 6.45) is 2.39. The van der Waals surface area contributed by atoms with Gasteiger partial charge in [-0.05, 0) is 43.6 Å². The molecular weight excluding hydrogens is 337 g/mol. The largest absolute Gasteiger partial charge is 0.299 e. The van der Waals surface area contributed by atoms with Gasteiger partial charge in [0, 0.05) is 15.8 Å². The van der Waals surface area contributed by atoms with E-state index >= 15 is 0 Å². The highest BCUT2D eigenvalue weighted by atomic mass is 79.9. The van der Waals surface area contributed by atoms with Crippen LogP contribution in [0.25, 0.3) is 0 Å². The number of nitrogens with zero attached hydrogens (tertiary/aromatic N) is 1. The zero-order valence-electron chi connectivity index (χ0n) is 8.93. The Bertz CT molecular complexity index is 362. The Balaban J connectivity index is 1.98. The molecule has 88 valence electrons. The number of benzene rings is 1. The summed E-state index contributed by atoms with van der Waals surface area (Å²) in [5.74, 6) is -0.185. The minimum Gasteiger partial charge on any atom is -0.299 e. The second-order valence-corrected chi connectivity index (χ2v) is 6.34. The quantitative estimate of drug-likeness (QED) is 0.730. The van der Waals surface area contributed by atoms with E-state index in [2.05, 4.69) is 36.8 Å². The van der Waals surface area contributed by atoms with Gasteiger partial charge in [0.05, 0.1) is 0 Å². The number of halogens is 3. The summed E-state index contributed by atoms with van der Waals surface area (Å²) < 4.78 is 13.8. The van der Waals surface area contributed by atoms with Crippen molar-refractivity contribution in [2.45, 2.75) is 24.2 Å². The Morgan fingerprint density at radius 3 is 2.62 bits per heavy atom. The SMILES string of the molecule is Fc1ccc(CN2CCC(Br)CC2)c(Br)c1. The van der Waals surface area contributed by atoms with Gasteiger partial charge >= 0.3 is 0 Å². The molecule has 16 heavy (non-hydrogen) atoms. The standard InChI is InChI=1S/C12H14Br2FN/c13-10-3-5-16(6-4-10)8-9-1-2-11(15)7-12(9)14/h1-2,7,10H,3-6,8H2. The van der Waals surface area contributed by atoms with Crippen molar-refractivity contribution in [3.63, 3.8) is 0 Å². The van der Waals surface area contributed by atoms with Crippen LogP contribution < -0.4 is 0 Å². The van der Waals surface area contributed by atoms with Gasteiger partial charge in [-0.25, -0.2) is 4.39 Å². The van der Waals surface area contributed by atoms with Crippen molar-refractivity contribution in [1.29, 1.82) is 0 Å². The van der Waals surface area contributed by atoms with Crippen LogP contribution in [0.2, 0.25) is 0 Å². The van der Waals surface area contributed by atoms with Crippen LogP contribution >= 0.6 is 31.9 Å². The lowest BCUT2D eigenvalue weighted by molar-refractivity contribution is 0.225. The lowest BCUT2D eigenvalue weighted by Gasteiger charge is -2.29. The summed E-state index contributed by atoms with van der Waals surface area (Å²) in [4.78, 5) is 3.08. The second kappa shape index (κ2) is 5.61. The Morgan fingerprint density at radius 2 is 2.00 bits per heavy atom. The van der Waals surface area contributed by atoms with E-state index in [1.54, 1.807) is 0 Å². The van der Waals surface area contributed by atoms with E-state index in [9.17, 15) is 4.39 Å². The van der Waals surface area contributed by atoms with E-state index < -0.39 is 0 Å². The van der Waals surface area contributed by atoms with Crippen molar-refractivity contribution < 1.29 is 4.39 Å². The maximum Gasteiger partial charge on any atom is 0.124 e. The van der Waals surface area contributed by atoms with Gasteiger partial charge < -0.3 is 0 Å². The Kier molecular flexibility index (Phi) is 4.39. The zero-order valence-corrected chi connectivity index (χ0v) is 12.1. The molecular formula is C12H14Br2FN. The van der Waals surface area contributed by atoms with Crippen LogP contribution in [0.3, 0.4) is 0 Å². The van der Waals surface area contributed by atoms with Gasteiger partial charge in [-0.3, -0.25) is 4.90 Å². The summed E-state index contributed by atoms with van der Waals surface area (Å²) in [6, 6.07) is 4.92. The van der Waals surface area contributed by atoms with Gasteiger partial charge in [-0.2, -0.15) is 0 Å². The van der Waals surface area contributed by atoms with Gasteiger partial charge in [0.2, 0.25) is 0 Å². The molecule has 0 bridgehead atoms. The number of hydrogen-bond acceptors (Lipinski definition) is 1. The number of rotatable bonds is 2. The first-order valence-electron chi connectivity index (χ1n) is 5.45. The number of hydrogen-bond donors (Lipinski definition) is 0. The normalized spacial score (nSPS) is 18.9. The average Bonchev–Trinajstić information content (AvgIpc) is 2.25. The van der Waals surface area contributed by atoms with Crippen molar-refractivity contribution in [3.05, 3.63) is 34.1 Å². The molecule has 1 aliphatic heterocycles. The van der Waals surface area contributed by atoms with E-state index in [-0.39, 0.29) is 5.82 Å². The first kappa shape index (κ1) is 12.5. The third-order valence-electron chi connectivity index (χ3n) is 2.93. The number of piperidine rings is 1. The molecule has 0 spiro atoms. The first-order chi connectivity index (χ1) is 7.65. The Morgan fingerprint density at radius 1 is 1.31 bits per heavy atom. The first-order valence-corrected chi connectivity index (χ1v) is 7.16. The molecule has 1 aromatic carbocycles. The van der Waals surface area contributed by atoms with Gasteiger partial charge in [0.15, 0.2) is 0 Å². The lowest BCUT2D eigenvalue weighted by Crippen LogP contribution is -2.33. The number of likely N-dealkylation sites (tertiary alicyclic amines) is 1. The van der Waals surface area contributed by atoms with Crippen molar-refractivity contribution in [2.75, 3.05) is 13.1 Å². The predicted molar refractivity (Wildman–Crippen MR) is 71.3 cm³/mol. The fraction of sp³-hybridized carbons (Fsp3) is 0.500. The second-order valence-electron chi connectivity index (χ2n) is 4.19. The molecule has 1 heterocycles. The predicted octanol–water partition coefficient (Wildman–Crippen LogP) is 3.95. The highest BCUT2D eigenvalue weighted by Crippen LogP contribution is 2.23. The molecule has 0 aromatic heterocycles. The summed E-state index contributed by atoms with van der Waals surface area (Å²) in [5.41, 5.74) is 1.16. The van der Waals surface area contributed by atoms with Crippen molar-refractivity contribution in [3.8, 4) is 0 Å². The molecule has 1 aromatic rings. The minimum absolute atomic E-state index is 0.185. The lowest BCUT2D eigenvalue weighted by atomic mass is 10.1. The molecule has 0 radical (unpaired) electrons. The van der Waals surface area contributed by atoms with Crippen LogP contribution in [-0.2, 0) is 6.54 Å². The van der Waals surface area contributed by atoms with Gasteiger partial charge in [0.1, 0.15) is 5.82 Å². The van der Waals surface area contributed by atoms with E-state index in [0.717, 1.165) is 29.7 Å². The fourth-order valence-electron chi connectivity index (χ4n) is 1.95. The van der Waals surface area contributed by atoms with Gasteiger partial charge in [0.25, 0.3) is 0 Å². The number of alkyl halides is 1. The monoisotopic (exact) mass is 349 g/mol. The van der Waals surface area contributed by atoms with Crippen LogP contribution in [0.5, 0.6) is 0 Å².